The summed E-state index contributed by atoms with van der Waals surface area (Å²) in [5.74, 6) is -0.600. The Labute approximate surface area is 182 Å². The molecule has 0 radical (unpaired) electrons. The van der Waals surface area contributed by atoms with Gasteiger partial charge in [-0.3, -0.25) is 15.1 Å². The number of carbonyl (C=O) groups is 2. The van der Waals surface area contributed by atoms with Crippen molar-refractivity contribution in [2.24, 2.45) is 0 Å². The molecule has 2 aromatic heterocycles. The lowest BCUT2D eigenvalue weighted by Crippen LogP contribution is -2.33. The Hall–Kier alpha value is -3.37. The molecule has 3 N–H and O–H groups in total. The van der Waals surface area contributed by atoms with E-state index in [1.807, 2.05) is 0 Å². The number of nitrogens with zero attached hydrogens (tertiary/aromatic N) is 3. The first-order chi connectivity index (χ1) is 15.0. The van der Waals surface area contributed by atoms with Gasteiger partial charge in [0.1, 0.15) is 5.82 Å². The molecule has 31 heavy (non-hydrogen) atoms. The van der Waals surface area contributed by atoms with Gasteiger partial charge in [-0.25, -0.2) is 14.2 Å². The average Bonchev–Trinajstić information content (AvgIpc) is 3.18. The minimum absolute atomic E-state index is 0.148. The normalized spacial score (nSPS) is 10.5. The Morgan fingerprint density at radius 3 is 2.87 bits per heavy atom. The van der Waals surface area contributed by atoms with Crippen LogP contribution in [0.15, 0.2) is 48.1 Å². The van der Waals surface area contributed by atoms with Gasteiger partial charge in [-0.15, -0.1) is 11.3 Å². The quantitative estimate of drug-likeness (QED) is 0.496. The summed E-state index contributed by atoms with van der Waals surface area (Å²) in [5, 5.41) is 16.7. The number of aromatic nitrogens is 2. The highest BCUT2D eigenvalue weighted by molar-refractivity contribution is 7.13. The molecule has 0 fully saturated rings. The van der Waals surface area contributed by atoms with E-state index in [2.05, 4.69) is 20.6 Å². The van der Waals surface area contributed by atoms with Gasteiger partial charge in [-0.2, -0.15) is 0 Å². The smallest absolute Gasteiger partial charge is 0.321 e. The molecule has 0 atom stereocenters. The third-order valence-corrected chi connectivity index (χ3v) is 5.18. The first-order valence-electron chi connectivity index (χ1n) is 9.50. The summed E-state index contributed by atoms with van der Waals surface area (Å²) in [5.41, 5.74) is 2.47. The van der Waals surface area contributed by atoms with E-state index in [4.69, 9.17) is 0 Å². The molecule has 3 rings (SSSR count). The van der Waals surface area contributed by atoms with Crippen molar-refractivity contribution in [1.82, 2.24) is 20.2 Å². The molecular formula is C21H22FN5O3S. The monoisotopic (exact) mass is 443 g/mol. The van der Waals surface area contributed by atoms with Crippen LogP contribution in [-0.2, 0) is 13.1 Å². The fraction of sp³-hybridized carbons (Fsp3) is 0.238. The number of halogens is 1. The highest BCUT2D eigenvalue weighted by Gasteiger charge is 2.19. The molecule has 0 aliphatic heterocycles. The lowest BCUT2D eigenvalue weighted by atomic mass is 10.1. The van der Waals surface area contributed by atoms with E-state index in [0.717, 1.165) is 5.56 Å². The largest absolute Gasteiger partial charge is 0.395 e. The first-order valence-corrected chi connectivity index (χ1v) is 10.4. The Bertz CT molecular complexity index is 1060. The van der Waals surface area contributed by atoms with Crippen molar-refractivity contribution >= 4 is 28.4 Å². The first kappa shape index (κ1) is 22.3. The van der Waals surface area contributed by atoms with Crippen LogP contribution in [0.2, 0.25) is 0 Å². The molecule has 0 saturated heterocycles. The zero-order valence-corrected chi connectivity index (χ0v) is 17.7. The highest BCUT2D eigenvalue weighted by atomic mass is 32.1. The van der Waals surface area contributed by atoms with E-state index in [1.165, 1.54) is 28.4 Å². The predicted octanol–water partition coefficient (Wildman–Crippen LogP) is 2.94. The molecule has 8 nitrogen and oxygen atoms in total. The average molecular weight is 444 g/mol. The minimum Gasteiger partial charge on any atom is -0.395 e. The van der Waals surface area contributed by atoms with Crippen LogP contribution in [0, 0.1) is 12.7 Å². The van der Waals surface area contributed by atoms with Gasteiger partial charge in [-0.1, -0.05) is 12.1 Å². The van der Waals surface area contributed by atoms with E-state index < -0.39 is 6.03 Å². The second-order valence-corrected chi connectivity index (χ2v) is 7.58. The second kappa shape index (κ2) is 10.6. The van der Waals surface area contributed by atoms with Crippen LogP contribution in [0.5, 0.6) is 0 Å². The number of nitrogens with one attached hydrogen (secondary N) is 2. The number of carbonyl (C=O) groups excluding carboxylic acids is 2. The van der Waals surface area contributed by atoms with Crippen LogP contribution in [-0.4, -0.2) is 45.1 Å². The van der Waals surface area contributed by atoms with Gasteiger partial charge < -0.3 is 15.3 Å². The van der Waals surface area contributed by atoms with E-state index in [1.54, 1.807) is 42.9 Å². The van der Waals surface area contributed by atoms with Crippen molar-refractivity contribution < 1.29 is 19.1 Å². The fourth-order valence-corrected chi connectivity index (χ4v) is 3.56. The molecule has 162 valence electrons. The number of anilines is 1. The van der Waals surface area contributed by atoms with Gasteiger partial charge in [0.15, 0.2) is 5.13 Å². The van der Waals surface area contributed by atoms with Crippen LogP contribution < -0.4 is 10.6 Å². The molecule has 2 heterocycles. The van der Waals surface area contributed by atoms with Gasteiger partial charge in [-0.05, 0) is 36.2 Å². The van der Waals surface area contributed by atoms with Crippen LogP contribution in [0.4, 0.5) is 14.3 Å². The van der Waals surface area contributed by atoms with Crippen LogP contribution in [0.25, 0.3) is 0 Å². The Morgan fingerprint density at radius 2 is 2.13 bits per heavy atom. The maximum Gasteiger partial charge on any atom is 0.321 e. The van der Waals surface area contributed by atoms with Crippen LogP contribution >= 0.6 is 11.3 Å². The third-order valence-electron chi connectivity index (χ3n) is 4.37. The maximum atomic E-state index is 13.2. The highest BCUT2D eigenvalue weighted by Crippen LogP contribution is 2.18. The van der Waals surface area contributed by atoms with E-state index in [0.29, 0.717) is 22.0 Å². The molecule has 0 saturated carbocycles. The number of aliphatic hydroxyl groups is 1. The lowest BCUT2D eigenvalue weighted by Gasteiger charge is -2.21. The van der Waals surface area contributed by atoms with Gasteiger partial charge >= 0.3 is 6.03 Å². The standard InChI is InChI=1S/C21H22FN5O3S/c1-14-10-23-6-5-18(14)19(29)27(7-8-28)12-17-13-31-21(25-17)26-20(30)24-11-15-3-2-4-16(22)9-15/h2-6,9-10,13,28H,7-8,11-12H2,1H3,(H2,24,25,26,30). The molecule has 0 aliphatic rings. The van der Waals surface area contributed by atoms with Gasteiger partial charge in [0.25, 0.3) is 5.91 Å². The summed E-state index contributed by atoms with van der Waals surface area (Å²) >= 11 is 1.22. The zero-order valence-electron chi connectivity index (χ0n) is 16.8. The predicted molar refractivity (Wildman–Crippen MR) is 115 cm³/mol. The van der Waals surface area contributed by atoms with E-state index >= 15 is 0 Å². The van der Waals surface area contributed by atoms with E-state index in [-0.39, 0.29) is 38.0 Å². The molecule has 0 unspecified atom stereocenters. The van der Waals surface area contributed by atoms with Crippen LogP contribution in [0.1, 0.15) is 27.2 Å². The number of amides is 3. The van der Waals surface area contributed by atoms with E-state index in [9.17, 15) is 19.1 Å². The minimum atomic E-state index is -0.471. The van der Waals surface area contributed by atoms with Crippen molar-refractivity contribution in [1.29, 1.82) is 0 Å². The fourth-order valence-electron chi connectivity index (χ4n) is 2.86. The van der Waals surface area contributed by atoms with Gasteiger partial charge in [0, 0.05) is 36.4 Å². The molecule has 0 aliphatic carbocycles. The number of thiazole rings is 1. The summed E-state index contributed by atoms with van der Waals surface area (Å²) in [6.07, 6.45) is 3.16. The summed E-state index contributed by atoms with van der Waals surface area (Å²) in [6, 6.07) is 7.13. The number of pyridine rings is 1. The van der Waals surface area contributed by atoms with Crippen molar-refractivity contribution in [3.8, 4) is 0 Å². The number of rotatable bonds is 8. The third kappa shape index (κ3) is 6.30. The summed E-state index contributed by atoms with van der Waals surface area (Å²) in [7, 11) is 0. The number of hydrogen-bond acceptors (Lipinski definition) is 6. The molecule has 1 aromatic carbocycles. The maximum absolute atomic E-state index is 13.2. The van der Waals surface area contributed by atoms with Gasteiger partial charge in [0.05, 0.1) is 18.8 Å². The Balaban J connectivity index is 1.59. The van der Waals surface area contributed by atoms with Crippen molar-refractivity contribution in [2.75, 3.05) is 18.5 Å². The van der Waals surface area contributed by atoms with Gasteiger partial charge in [0.2, 0.25) is 0 Å². The molecular weight excluding hydrogens is 421 g/mol. The molecule has 0 spiro atoms. The molecule has 3 amide bonds. The SMILES string of the molecule is Cc1cnccc1C(=O)N(CCO)Cc1csc(NC(=O)NCc2cccc(F)c2)n1. The molecule has 0 bridgehead atoms. The zero-order chi connectivity index (χ0) is 22.2. The number of aliphatic hydroxyl groups excluding tert-OH is 1. The lowest BCUT2D eigenvalue weighted by molar-refractivity contribution is 0.0705. The molecule has 10 heteroatoms. The van der Waals surface area contributed by atoms with Crippen LogP contribution in [0.3, 0.4) is 0 Å². The summed E-state index contributed by atoms with van der Waals surface area (Å²) in [4.78, 5) is 34.7. The number of aryl methyl sites for hydroxylation is 1. The topological polar surface area (TPSA) is 107 Å². The Morgan fingerprint density at radius 1 is 1.29 bits per heavy atom. The number of urea groups is 1. The number of benzene rings is 1. The van der Waals surface area contributed by atoms with Crippen molar-refractivity contribution in [3.05, 3.63) is 76.3 Å². The molecule has 3 aromatic rings. The Kier molecular flexibility index (Phi) is 7.63. The van der Waals surface area contributed by atoms with Crippen molar-refractivity contribution in [2.45, 2.75) is 20.0 Å². The summed E-state index contributed by atoms with van der Waals surface area (Å²) < 4.78 is 13.2. The number of hydrogen-bond donors (Lipinski definition) is 3. The van der Waals surface area contributed by atoms with Crippen molar-refractivity contribution in [3.63, 3.8) is 0 Å². The summed E-state index contributed by atoms with van der Waals surface area (Å²) in [6.45, 7) is 2.11. The second-order valence-electron chi connectivity index (χ2n) is 6.72.